The Morgan fingerprint density at radius 1 is 0.917 bits per heavy atom. The zero-order valence-corrected chi connectivity index (χ0v) is 15.4. The number of methoxy groups -OCH3 is 1. The molecule has 0 unspecified atom stereocenters. The van der Waals surface area contributed by atoms with Gasteiger partial charge in [0.1, 0.15) is 0 Å². The van der Waals surface area contributed by atoms with Gasteiger partial charge in [0.05, 0.1) is 0 Å². The third kappa shape index (κ3) is 5.50. The molecule has 1 nitrogen and oxygen atoms in total. The number of benzene rings is 2. The van der Waals surface area contributed by atoms with Crippen molar-refractivity contribution >= 4 is 36.5 Å². The maximum Gasteiger partial charge on any atom is 0.673 e. The van der Waals surface area contributed by atoms with Crippen molar-refractivity contribution in [2.24, 2.45) is 0 Å². The van der Waals surface area contributed by atoms with E-state index in [0.717, 1.165) is 5.75 Å². The molecule has 0 radical (unpaired) electrons. The standard InChI is InChI=1S/C17H15OTe.BF4/c1-12-10-16(13-6-4-3-5-7-13)19-17-11-14(18-2)8-9-15(12)17;2-1(3,4)5/h3-11H,1-2H3;/q+1;-1. The molecule has 0 aliphatic heterocycles. The quantitative estimate of drug-likeness (QED) is 0.373. The Bertz CT molecular complexity index is 816. The summed E-state index contributed by atoms with van der Waals surface area (Å²) in [6.45, 7) is 2.19. The fourth-order valence-corrected chi connectivity index (χ4v) is 5.75. The molecule has 0 amide bonds. The first-order valence-electron chi connectivity index (χ1n) is 7.12. The monoisotopic (exact) mass is 452 g/mol. The third-order valence-electron chi connectivity index (χ3n) is 3.24. The summed E-state index contributed by atoms with van der Waals surface area (Å²) in [4.78, 5) is 0. The van der Waals surface area contributed by atoms with Crippen molar-refractivity contribution in [2.45, 2.75) is 6.92 Å². The average Bonchev–Trinajstić information content (AvgIpc) is 2.53. The molecular weight excluding hydrogens is 435 g/mol. The van der Waals surface area contributed by atoms with E-state index in [1.165, 1.54) is 23.5 Å². The van der Waals surface area contributed by atoms with Crippen molar-refractivity contribution in [2.75, 3.05) is 7.11 Å². The van der Waals surface area contributed by atoms with Crippen LogP contribution in [0.2, 0.25) is 0 Å². The van der Waals surface area contributed by atoms with Gasteiger partial charge in [-0.05, 0) is 0 Å². The smallest absolute Gasteiger partial charge is 0.418 e. The van der Waals surface area contributed by atoms with Gasteiger partial charge in [0.15, 0.2) is 0 Å². The van der Waals surface area contributed by atoms with Gasteiger partial charge < -0.3 is 17.3 Å². The number of hydrogen-bond acceptors (Lipinski definition) is 1. The Morgan fingerprint density at radius 2 is 1.54 bits per heavy atom. The normalized spacial score (nSPS) is 10.9. The molecule has 0 spiro atoms. The molecule has 3 aromatic rings. The van der Waals surface area contributed by atoms with Crippen molar-refractivity contribution < 1.29 is 22.0 Å². The zero-order chi connectivity index (χ0) is 17.7. The van der Waals surface area contributed by atoms with Crippen LogP contribution in [0.25, 0.3) is 17.9 Å². The summed E-state index contributed by atoms with van der Waals surface area (Å²) in [5.74, 6) is 0.964. The molecule has 0 fully saturated rings. The molecule has 7 heteroatoms. The van der Waals surface area contributed by atoms with Crippen LogP contribution in [0.4, 0.5) is 17.3 Å². The number of fused-ring (bicyclic) bond motifs is 1. The zero-order valence-electron chi connectivity index (χ0n) is 13.1. The van der Waals surface area contributed by atoms with E-state index < -0.39 is 7.25 Å². The number of rotatable bonds is 2. The fraction of sp³-hybridized carbons (Fsp3) is 0.118. The van der Waals surface area contributed by atoms with Crippen LogP contribution in [-0.2, 0) is 0 Å². The maximum atomic E-state index is 9.75. The molecule has 1 heterocycles. The van der Waals surface area contributed by atoms with E-state index in [1.807, 2.05) is 0 Å². The second kappa shape index (κ2) is 8.00. The summed E-state index contributed by atoms with van der Waals surface area (Å²) >= 11 is -0.340. The second-order valence-electron chi connectivity index (χ2n) is 5.02. The van der Waals surface area contributed by atoms with Crippen molar-refractivity contribution in [3.63, 3.8) is 0 Å². The van der Waals surface area contributed by atoms with E-state index in [1.54, 1.807) is 7.11 Å². The van der Waals surface area contributed by atoms with Crippen LogP contribution in [0.15, 0.2) is 54.6 Å². The van der Waals surface area contributed by atoms with E-state index in [9.17, 15) is 17.3 Å². The molecule has 0 atom stereocenters. The molecule has 0 bridgehead atoms. The molecule has 0 saturated carbocycles. The van der Waals surface area contributed by atoms with Crippen LogP contribution >= 0.6 is 0 Å². The molecule has 3 rings (SSSR count). The Balaban J connectivity index is 0.000000368. The first kappa shape index (κ1) is 18.8. The molecule has 2 aromatic carbocycles. The molecule has 126 valence electrons. The Kier molecular flexibility index (Phi) is 6.25. The van der Waals surface area contributed by atoms with Crippen LogP contribution in [-0.4, -0.2) is 34.8 Å². The van der Waals surface area contributed by atoms with Crippen LogP contribution < -0.4 is 4.74 Å². The minimum atomic E-state index is -6.00. The van der Waals surface area contributed by atoms with E-state index in [4.69, 9.17) is 4.74 Å². The van der Waals surface area contributed by atoms with E-state index in [2.05, 4.69) is 61.5 Å². The van der Waals surface area contributed by atoms with Crippen LogP contribution in [0, 0.1) is 6.92 Å². The van der Waals surface area contributed by atoms with Gasteiger partial charge in [0.2, 0.25) is 0 Å². The molecule has 24 heavy (non-hydrogen) atoms. The van der Waals surface area contributed by atoms with Crippen LogP contribution in [0.5, 0.6) is 5.75 Å². The summed E-state index contributed by atoms with van der Waals surface area (Å²) < 4.78 is 47.3. The molecule has 0 aliphatic rings. The first-order chi connectivity index (χ1) is 11.3. The van der Waals surface area contributed by atoms with Crippen LogP contribution in [0.1, 0.15) is 5.56 Å². The van der Waals surface area contributed by atoms with Gasteiger partial charge in [-0.25, -0.2) is 0 Å². The van der Waals surface area contributed by atoms with Gasteiger partial charge in [0.25, 0.3) is 0 Å². The van der Waals surface area contributed by atoms with E-state index in [-0.39, 0.29) is 20.4 Å². The van der Waals surface area contributed by atoms with Crippen LogP contribution in [0.3, 0.4) is 0 Å². The Hall–Kier alpha value is -1.58. The van der Waals surface area contributed by atoms with Crippen molar-refractivity contribution in [1.82, 2.24) is 0 Å². The molecule has 0 aliphatic carbocycles. The van der Waals surface area contributed by atoms with Gasteiger partial charge in [-0.15, -0.1) is 0 Å². The van der Waals surface area contributed by atoms with E-state index in [0.29, 0.717) is 0 Å². The number of ether oxygens (including phenoxy) is 1. The SMILES string of the molecule is COc1ccc2c(C)cc(-c3ccccc3)[te+]c2c1.F[B-](F)(F)F. The van der Waals surface area contributed by atoms with Crippen molar-refractivity contribution in [3.8, 4) is 14.9 Å². The number of aryl methyl sites for hydroxylation is 1. The van der Waals surface area contributed by atoms with Gasteiger partial charge >= 0.3 is 130 Å². The minimum absolute atomic E-state index is 0.340. The first-order valence-corrected chi connectivity index (χ1v) is 9.45. The summed E-state index contributed by atoms with van der Waals surface area (Å²) in [5.41, 5.74) is 2.71. The van der Waals surface area contributed by atoms with Gasteiger partial charge in [-0.3, -0.25) is 0 Å². The summed E-state index contributed by atoms with van der Waals surface area (Å²) in [5, 5.41) is 1.39. The van der Waals surface area contributed by atoms with Gasteiger partial charge in [0, 0.05) is 0 Å². The third-order valence-corrected chi connectivity index (χ3v) is 6.47. The predicted octanol–water partition coefficient (Wildman–Crippen LogP) is 5.46. The van der Waals surface area contributed by atoms with Gasteiger partial charge in [-0.1, -0.05) is 0 Å². The Labute approximate surface area is 147 Å². The maximum absolute atomic E-state index is 9.75. The summed E-state index contributed by atoms with van der Waals surface area (Å²) in [7, 11) is -4.27. The Morgan fingerprint density at radius 3 is 2.12 bits per heavy atom. The topological polar surface area (TPSA) is 9.23 Å². The average molecular weight is 450 g/mol. The molecule has 0 N–H and O–H groups in total. The fourth-order valence-electron chi connectivity index (χ4n) is 2.21. The molecular formula is C17H15BF4OTe. The minimum Gasteiger partial charge on any atom is -0.418 e. The number of hydrogen-bond donors (Lipinski definition) is 0. The summed E-state index contributed by atoms with van der Waals surface area (Å²) in [6.07, 6.45) is 0. The number of halogens is 4. The molecule has 0 saturated heterocycles. The largest absolute Gasteiger partial charge is 0.673 e. The second-order valence-corrected chi connectivity index (χ2v) is 8.11. The molecule has 1 aromatic heterocycles. The van der Waals surface area contributed by atoms with E-state index >= 15 is 0 Å². The van der Waals surface area contributed by atoms with Crippen molar-refractivity contribution in [1.29, 1.82) is 0 Å². The van der Waals surface area contributed by atoms with Crippen molar-refractivity contribution in [3.05, 3.63) is 60.2 Å². The summed E-state index contributed by atoms with van der Waals surface area (Å²) in [6, 6.07) is 19.5. The van der Waals surface area contributed by atoms with Gasteiger partial charge in [-0.2, -0.15) is 0 Å². The predicted molar refractivity (Wildman–Crippen MR) is 92.2 cm³/mol.